The van der Waals surface area contributed by atoms with Gasteiger partial charge in [0.05, 0.1) is 18.7 Å². The summed E-state index contributed by atoms with van der Waals surface area (Å²) in [6.07, 6.45) is 2.57. The van der Waals surface area contributed by atoms with Crippen LogP contribution in [0, 0.1) is 0 Å². The highest BCUT2D eigenvalue weighted by Crippen LogP contribution is 2.31. The fraction of sp³-hybridized carbons (Fsp3) is 0.875. The lowest BCUT2D eigenvalue weighted by Gasteiger charge is -2.18. The third-order valence-electron chi connectivity index (χ3n) is 2.72. The van der Waals surface area contributed by atoms with E-state index in [4.69, 9.17) is 4.18 Å². The van der Waals surface area contributed by atoms with Gasteiger partial charge in [0.1, 0.15) is 6.10 Å². The molecule has 2 atom stereocenters. The van der Waals surface area contributed by atoms with Crippen molar-refractivity contribution in [3.05, 3.63) is 0 Å². The summed E-state index contributed by atoms with van der Waals surface area (Å²) in [7, 11) is -3.45. The van der Waals surface area contributed by atoms with E-state index in [2.05, 4.69) is 0 Å². The first-order valence-corrected chi connectivity index (χ1v) is 6.47. The van der Waals surface area contributed by atoms with Crippen molar-refractivity contribution in [3.63, 3.8) is 0 Å². The van der Waals surface area contributed by atoms with Crippen molar-refractivity contribution in [1.29, 1.82) is 0 Å². The SMILES string of the molecule is CS(=O)(=O)O[C@H]1CC(=O)N2CCC[C@H]12. The smallest absolute Gasteiger partial charge is 0.264 e. The minimum Gasteiger partial charge on any atom is -0.337 e. The Morgan fingerprint density at radius 1 is 1.50 bits per heavy atom. The molecule has 6 heteroatoms. The summed E-state index contributed by atoms with van der Waals surface area (Å²) in [6.45, 7) is 0.743. The van der Waals surface area contributed by atoms with Crippen LogP contribution in [0.15, 0.2) is 0 Å². The molecule has 0 aromatic rings. The molecular formula is C8H13NO4S. The van der Waals surface area contributed by atoms with Crippen LogP contribution in [0.1, 0.15) is 19.3 Å². The average Bonchev–Trinajstić information content (AvgIpc) is 2.54. The molecule has 5 nitrogen and oxygen atoms in total. The Bertz CT molecular complexity index is 350. The molecule has 2 aliphatic rings. The number of carbonyl (C=O) groups excluding carboxylic acids is 1. The molecule has 2 saturated heterocycles. The van der Waals surface area contributed by atoms with Crippen molar-refractivity contribution in [3.8, 4) is 0 Å². The molecule has 1 amide bonds. The van der Waals surface area contributed by atoms with Crippen LogP contribution in [-0.4, -0.2) is 44.2 Å². The molecule has 0 bridgehead atoms. The first kappa shape index (κ1) is 9.92. The summed E-state index contributed by atoms with van der Waals surface area (Å²) in [5, 5.41) is 0. The lowest BCUT2D eigenvalue weighted by atomic mass is 10.1. The zero-order chi connectivity index (χ0) is 10.3. The quantitative estimate of drug-likeness (QED) is 0.599. The van der Waals surface area contributed by atoms with Crippen LogP contribution in [0.25, 0.3) is 0 Å². The van der Waals surface area contributed by atoms with Crippen LogP contribution in [0.5, 0.6) is 0 Å². The molecule has 14 heavy (non-hydrogen) atoms. The van der Waals surface area contributed by atoms with Crippen molar-refractivity contribution in [1.82, 2.24) is 4.90 Å². The normalized spacial score (nSPS) is 32.4. The molecule has 2 fully saturated rings. The molecule has 0 spiro atoms. The van der Waals surface area contributed by atoms with Crippen LogP contribution in [-0.2, 0) is 19.1 Å². The maximum Gasteiger partial charge on any atom is 0.264 e. The predicted octanol–water partition coefficient (Wildman–Crippen LogP) is -0.274. The van der Waals surface area contributed by atoms with Crippen LogP contribution in [0.2, 0.25) is 0 Å². The molecule has 0 saturated carbocycles. The van der Waals surface area contributed by atoms with E-state index in [0.717, 1.165) is 25.6 Å². The Morgan fingerprint density at radius 2 is 2.21 bits per heavy atom. The van der Waals surface area contributed by atoms with Gasteiger partial charge in [0, 0.05) is 6.54 Å². The van der Waals surface area contributed by atoms with Crippen molar-refractivity contribution < 1.29 is 17.4 Å². The van der Waals surface area contributed by atoms with Crippen LogP contribution in [0.3, 0.4) is 0 Å². The van der Waals surface area contributed by atoms with E-state index in [0.29, 0.717) is 0 Å². The number of hydrogen-bond donors (Lipinski definition) is 0. The van der Waals surface area contributed by atoms with Crippen LogP contribution < -0.4 is 0 Å². The maximum atomic E-state index is 11.4. The number of carbonyl (C=O) groups is 1. The molecule has 80 valence electrons. The van der Waals surface area contributed by atoms with Gasteiger partial charge in [0.25, 0.3) is 10.1 Å². The van der Waals surface area contributed by atoms with Gasteiger partial charge in [-0.25, -0.2) is 0 Å². The van der Waals surface area contributed by atoms with Crippen molar-refractivity contribution in [2.45, 2.75) is 31.4 Å². The molecule has 2 rings (SSSR count). The Hall–Kier alpha value is -0.620. The number of amides is 1. The van der Waals surface area contributed by atoms with Gasteiger partial charge in [-0.05, 0) is 12.8 Å². The highest BCUT2D eigenvalue weighted by atomic mass is 32.2. The van der Waals surface area contributed by atoms with Crippen LogP contribution >= 0.6 is 0 Å². The minimum atomic E-state index is -3.45. The summed E-state index contributed by atoms with van der Waals surface area (Å²) >= 11 is 0. The van der Waals surface area contributed by atoms with Gasteiger partial charge >= 0.3 is 0 Å². The first-order valence-electron chi connectivity index (χ1n) is 4.65. The zero-order valence-electron chi connectivity index (χ0n) is 7.97. The monoisotopic (exact) mass is 219 g/mol. The summed E-state index contributed by atoms with van der Waals surface area (Å²) in [6, 6.07) is -0.0165. The highest BCUT2D eigenvalue weighted by Gasteiger charge is 2.44. The fourth-order valence-corrected chi connectivity index (χ4v) is 2.88. The van der Waals surface area contributed by atoms with Gasteiger partial charge in [-0.2, -0.15) is 8.42 Å². The van der Waals surface area contributed by atoms with Gasteiger partial charge in [0.2, 0.25) is 5.91 Å². The van der Waals surface area contributed by atoms with Gasteiger partial charge in [-0.15, -0.1) is 0 Å². The van der Waals surface area contributed by atoms with E-state index in [1.54, 1.807) is 4.90 Å². The van der Waals surface area contributed by atoms with E-state index in [1.807, 2.05) is 0 Å². The maximum absolute atomic E-state index is 11.4. The molecule has 2 heterocycles. The summed E-state index contributed by atoms with van der Waals surface area (Å²) in [4.78, 5) is 13.1. The van der Waals surface area contributed by atoms with E-state index >= 15 is 0 Å². The number of fused-ring (bicyclic) bond motifs is 1. The van der Waals surface area contributed by atoms with E-state index in [-0.39, 0.29) is 18.4 Å². The molecule has 0 aromatic heterocycles. The van der Waals surface area contributed by atoms with Crippen LogP contribution in [0.4, 0.5) is 0 Å². The van der Waals surface area contributed by atoms with Crippen molar-refractivity contribution in [2.75, 3.05) is 12.8 Å². The first-order chi connectivity index (χ1) is 6.47. The number of nitrogens with zero attached hydrogens (tertiary/aromatic N) is 1. The second kappa shape index (κ2) is 3.20. The Kier molecular flexibility index (Phi) is 2.27. The lowest BCUT2D eigenvalue weighted by molar-refractivity contribution is -0.127. The molecule has 0 aliphatic carbocycles. The largest absolute Gasteiger partial charge is 0.337 e. The number of rotatable bonds is 2. The average molecular weight is 219 g/mol. The summed E-state index contributed by atoms with van der Waals surface area (Å²) in [5.41, 5.74) is 0. The fourth-order valence-electron chi connectivity index (χ4n) is 2.24. The van der Waals surface area contributed by atoms with Gasteiger partial charge in [-0.3, -0.25) is 8.98 Å². The third kappa shape index (κ3) is 1.76. The standard InChI is InChI=1S/C8H13NO4S/c1-14(11,12)13-7-5-8(10)9-4-2-3-6(7)9/h6-7H,2-5H2,1H3/t6-,7+/m1/s1. The number of hydrogen-bond acceptors (Lipinski definition) is 4. The highest BCUT2D eigenvalue weighted by molar-refractivity contribution is 7.86. The second-order valence-electron chi connectivity index (χ2n) is 3.84. The Balaban J connectivity index is 2.11. The molecule has 0 aromatic carbocycles. The predicted molar refractivity (Wildman–Crippen MR) is 49.1 cm³/mol. The topological polar surface area (TPSA) is 63.7 Å². The second-order valence-corrected chi connectivity index (χ2v) is 5.44. The van der Waals surface area contributed by atoms with E-state index in [1.165, 1.54) is 0 Å². The Morgan fingerprint density at radius 3 is 2.86 bits per heavy atom. The summed E-state index contributed by atoms with van der Waals surface area (Å²) in [5.74, 6) is 0.0150. The minimum absolute atomic E-state index is 0.0150. The molecule has 0 unspecified atom stereocenters. The van der Waals surface area contributed by atoms with E-state index < -0.39 is 16.2 Å². The van der Waals surface area contributed by atoms with Gasteiger partial charge in [-0.1, -0.05) is 0 Å². The van der Waals surface area contributed by atoms with Gasteiger partial charge in [0.15, 0.2) is 0 Å². The molecular weight excluding hydrogens is 206 g/mol. The van der Waals surface area contributed by atoms with Crippen molar-refractivity contribution >= 4 is 16.0 Å². The molecule has 2 aliphatic heterocycles. The van der Waals surface area contributed by atoms with Crippen molar-refractivity contribution in [2.24, 2.45) is 0 Å². The zero-order valence-corrected chi connectivity index (χ0v) is 8.79. The van der Waals surface area contributed by atoms with E-state index in [9.17, 15) is 13.2 Å². The Labute approximate surface area is 83.2 Å². The molecule has 0 radical (unpaired) electrons. The lowest BCUT2D eigenvalue weighted by Crippen LogP contribution is -2.32. The molecule has 0 N–H and O–H groups in total. The van der Waals surface area contributed by atoms with Gasteiger partial charge < -0.3 is 4.90 Å². The third-order valence-corrected chi connectivity index (χ3v) is 3.32. The summed E-state index contributed by atoms with van der Waals surface area (Å²) < 4.78 is 26.8.